The zero-order valence-electron chi connectivity index (χ0n) is 16.1. The topological polar surface area (TPSA) is 74.4 Å². The van der Waals surface area contributed by atoms with E-state index in [0.29, 0.717) is 36.0 Å². The highest BCUT2D eigenvalue weighted by Gasteiger charge is 2.19. The second kappa shape index (κ2) is 9.85. The Labute approximate surface area is 179 Å². The fourth-order valence-corrected chi connectivity index (χ4v) is 3.55. The van der Waals surface area contributed by atoms with Gasteiger partial charge in [0.2, 0.25) is 5.91 Å². The lowest BCUT2D eigenvalue weighted by molar-refractivity contribution is -0.127. The number of aromatic amines is 1. The van der Waals surface area contributed by atoms with Crippen LogP contribution in [0, 0.1) is 0 Å². The highest BCUT2D eigenvalue weighted by Crippen LogP contribution is 2.28. The number of amides is 2. The van der Waals surface area contributed by atoms with Gasteiger partial charge in [0.15, 0.2) is 5.76 Å². The van der Waals surface area contributed by atoms with E-state index in [0.717, 1.165) is 29.6 Å². The number of hydrogen-bond donors (Lipinski definition) is 2. The van der Waals surface area contributed by atoms with Crippen LogP contribution in [0.3, 0.4) is 0 Å². The predicted molar refractivity (Wildman–Crippen MR) is 116 cm³/mol. The van der Waals surface area contributed by atoms with Crippen molar-refractivity contribution >= 4 is 52.0 Å². The highest BCUT2D eigenvalue weighted by molar-refractivity contribution is 6.42. The average Bonchev–Trinajstić information content (AvgIpc) is 3.28. The summed E-state index contributed by atoms with van der Waals surface area (Å²) in [6.45, 7) is 1.96. The largest absolute Gasteiger partial charge is 0.491 e. The van der Waals surface area contributed by atoms with Crippen LogP contribution in [0.4, 0.5) is 0 Å². The van der Waals surface area contributed by atoms with Crippen molar-refractivity contribution in [3.05, 3.63) is 51.8 Å². The first-order chi connectivity index (χ1) is 14.0. The quantitative estimate of drug-likeness (QED) is 0.283. The highest BCUT2D eigenvalue weighted by atomic mass is 35.5. The van der Waals surface area contributed by atoms with Crippen molar-refractivity contribution < 1.29 is 14.3 Å². The number of nitrogens with one attached hydrogen (secondary N) is 2. The van der Waals surface area contributed by atoms with Crippen LogP contribution in [0.1, 0.15) is 25.0 Å². The fourth-order valence-electron chi connectivity index (χ4n) is 3.21. The number of carbonyl (C=O) groups excluding carboxylic acids is 2. The minimum Gasteiger partial charge on any atom is -0.491 e. The molecule has 0 unspecified atom stereocenters. The molecule has 2 amide bonds. The van der Waals surface area contributed by atoms with Gasteiger partial charge < -0.3 is 19.9 Å². The molecule has 8 heteroatoms. The molecule has 1 aromatic heterocycles. The number of methoxy groups -OCH3 is 1. The summed E-state index contributed by atoms with van der Waals surface area (Å²) in [6.07, 6.45) is 7.42. The molecule has 154 valence electrons. The maximum absolute atomic E-state index is 12.2. The van der Waals surface area contributed by atoms with E-state index in [2.05, 4.69) is 10.3 Å². The molecule has 0 aliphatic carbocycles. The van der Waals surface area contributed by atoms with Crippen molar-refractivity contribution in [3.63, 3.8) is 0 Å². The molecule has 2 heterocycles. The first-order valence-electron chi connectivity index (χ1n) is 9.44. The summed E-state index contributed by atoms with van der Waals surface area (Å²) >= 11 is 12.1. The van der Waals surface area contributed by atoms with Crippen LogP contribution in [0.25, 0.3) is 17.0 Å². The molecule has 3 rings (SSSR count). The second-order valence-corrected chi connectivity index (χ2v) is 7.58. The van der Waals surface area contributed by atoms with Crippen molar-refractivity contribution in [2.75, 3.05) is 26.7 Å². The number of nitrogens with zero attached hydrogens (tertiary/aromatic N) is 1. The van der Waals surface area contributed by atoms with Crippen molar-refractivity contribution in [1.82, 2.24) is 15.2 Å². The molecule has 0 bridgehead atoms. The van der Waals surface area contributed by atoms with Gasteiger partial charge in [-0.25, -0.2) is 0 Å². The lowest BCUT2D eigenvalue weighted by atomic mass is 10.2. The Bertz CT molecular complexity index is 926. The van der Waals surface area contributed by atoms with Crippen molar-refractivity contribution in [2.24, 2.45) is 0 Å². The van der Waals surface area contributed by atoms with E-state index < -0.39 is 0 Å². The molecule has 2 N–H and O–H groups in total. The van der Waals surface area contributed by atoms with Gasteiger partial charge in [0.25, 0.3) is 5.91 Å². The maximum Gasteiger partial charge on any atom is 0.286 e. The molecule has 29 heavy (non-hydrogen) atoms. The molecule has 0 saturated carbocycles. The standard InChI is InChI=1S/C21H23Cl2N3O3/c1-29-19(21(28)24-8-4-10-26-9-3-7-20(26)27)6-2-5-15-11-14-12-16(22)17(23)13-18(14)25-15/h2,5-6,11-13,25H,3-4,7-10H2,1H3,(H,24,28)/b5-2+,19-6+. The fraction of sp³-hybridized carbons (Fsp3) is 0.333. The first-order valence-corrected chi connectivity index (χ1v) is 10.2. The summed E-state index contributed by atoms with van der Waals surface area (Å²) in [5.41, 5.74) is 1.73. The molecule has 0 atom stereocenters. The Kier molecular flexibility index (Phi) is 7.23. The summed E-state index contributed by atoms with van der Waals surface area (Å²) in [4.78, 5) is 28.9. The minimum absolute atomic E-state index is 0.195. The number of allylic oxidation sites excluding steroid dienone is 2. The first kappa shape index (κ1) is 21.3. The third-order valence-electron chi connectivity index (χ3n) is 4.71. The van der Waals surface area contributed by atoms with Crippen molar-refractivity contribution in [1.29, 1.82) is 0 Å². The van der Waals surface area contributed by atoms with E-state index in [4.69, 9.17) is 27.9 Å². The number of carbonyl (C=O) groups is 2. The van der Waals surface area contributed by atoms with E-state index in [1.165, 1.54) is 7.11 Å². The monoisotopic (exact) mass is 435 g/mol. The average molecular weight is 436 g/mol. The molecule has 1 aliphatic rings. The van der Waals surface area contributed by atoms with Crippen molar-refractivity contribution in [3.8, 4) is 0 Å². The van der Waals surface area contributed by atoms with Gasteiger partial charge in [-0.05, 0) is 43.2 Å². The second-order valence-electron chi connectivity index (χ2n) is 6.77. The van der Waals surface area contributed by atoms with Gasteiger partial charge in [0, 0.05) is 42.7 Å². The van der Waals surface area contributed by atoms with Gasteiger partial charge in [-0.3, -0.25) is 9.59 Å². The Morgan fingerprint density at radius 2 is 2.10 bits per heavy atom. The summed E-state index contributed by atoms with van der Waals surface area (Å²) in [5.74, 6) is 0.112. The van der Waals surface area contributed by atoms with Crippen LogP contribution >= 0.6 is 23.2 Å². The smallest absolute Gasteiger partial charge is 0.286 e. The third-order valence-corrected chi connectivity index (χ3v) is 5.43. The molecule has 1 aromatic carbocycles. The van der Waals surface area contributed by atoms with Gasteiger partial charge in [-0.1, -0.05) is 29.3 Å². The van der Waals surface area contributed by atoms with Crippen LogP contribution in [0.15, 0.2) is 36.1 Å². The lowest BCUT2D eigenvalue weighted by Crippen LogP contribution is -2.31. The van der Waals surface area contributed by atoms with Crippen LogP contribution in [0.2, 0.25) is 10.0 Å². The van der Waals surface area contributed by atoms with Crippen LogP contribution in [-0.2, 0) is 14.3 Å². The normalized spacial score (nSPS) is 14.9. The Morgan fingerprint density at radius 3 is 2.83 bits per heavy atom. The van der Waals surface area contributed by atoms with Gasteiger partial charge in [-0.2, -0.15) is 0 Å². The molecular weight excluding hydrogens is 413 g/mol. The lowest BCUT2D eigenvalue weighted by Gasteiger charge is -2.15. The number of rotatable bonds is 8. The number of aromatic nitrogens is 1. The summed E-state index contributed by atoms with van der Waals surface area (Å²) in [7, 11) is 1.45. The number of benzene rings is 1. The Hall–Kier alpha value is -2.44. The predicted octanol–water partition coefficient (Wildman–Crippen LogP) is 4.15. The van der Waals surface area contributed by atoms with Gasteiger partial charge in [0.1, 0.15) is 0 Å². The number of H-pyrrole nitrogens is 1. The van der Waals surface area contributed by atoms with Crippen LogP contribution < -0.4 is 5.32 Å². The van der Waals surface area contributed by atoms with E-state index in [1.54, 1.807) is 24.3 Å². The molecule has 2 aromatic rings. The van der Waals surface area contributed by atoms with Gasteiger partial charge in [-0.15, -0.1) is 0 Å². The molecule has 0 radical (unpaired) electrons. The van der Waals surface area contributed by atoms with Gasteiger partial charge in [0.05, 0.1) is 17.2 Å². The molecular formula is C21H23Cl2N3O3. The van der Waals surface area contributed by atoms with E-state index in [-0.39, 0.29) is 17.6 Å². The van der Waals surface area contributed by atoms with Crippen molar-refractivity contribution in [2.45, 2.75) is 19.3 Å². The number of likely N-dealkylation sites (tertiary alicyclic amines) is 1. The minimum atomic E-state index is -0.292. The van der Waals surface area contributed by atoms with Crippen LogP contribution in [-0.4, -0.2) is 48.4 Å². The third kappa shape index (κ3) is 5.55. The van der Waals surface area contributed by atoms with Gasteiger partial charge >= 0.3 is 0 Å². The molecule has 1 aliphatic heterocycles. The number of halogens is 2. The molecule has 6 nitrogen and oxygen atoms in total. The number of fused-ring (bicyclic) bond motifs is 1. The Morgan fingerprint density at radius 1 is 1.31 bits per heavy atom. The molecule has 1 fully saturated rings. The maximum atomic E-state index is 12.2. The molecule has 0 spiro atoms. The molecule has 1 saturated heterocycles. The summed E-state index contributed by atoms with van der Waals surface area (Å²) in [5, 5.41) is 4.75. The van der Waals surface area contributed by atoms with E-state index in [9.17, 15) is 9.59 Å². The van der Waals surface area contributed by atoms with Crippen LogP contribution in [0.5, 0.6) is 0 Å². The summed E-state index contributed by atoms with van der Waals surface area (Å²) < 4.78 is 5.18. The van der Waals surface area contributed by atoms with E-state index >= 15 is 0 Å². The van der Waals surface area contributed by atoms with E-state index in [1.807, 2.05) is 17.0 Å². The summed E-state index contributed by atoms with van der Waals surface area (Å²) in [6, 6.07) is 5.51. The number of ether oxygens (including phenoxy) is 1. The zero-order valence-corrected chi connectivity index (χ0v) is 17.6. The number of hydrogen-bond acceptors (Lipinski definition) is 3. The zero-order chi connectivity index (χ0) is 20.8. The Balaban J connectivity index is 1.53. The SMILES string of the molecule is CO/C(=C/C=C/c1cc2cc(Cl)c(Cl)cc2[nH]1)C(=O)NCCCN1CCCC1=O.